The highest BCUT2D eigenvalue weighted by atomic mass is 16.5. The summed E-state index contributed by atoms with van der Waals surface area (Å²) in [6, 6.07) is 7.57. The highest BCUT2D eigenvalue weighted by Crippen LogP contribution is 2.13. The predicted molar refractivity (Wildman–Crippen MR) is 75.3 cm³/mol. The summed E-state index contributed by atoms with van der Waals surface area (Å²) in [6.45, 7) is 6.23. The molecule has 0 atom stereocenters. The Morgan fingerprint density at radius 3 is 2.56 bits per heavy atom. The van der Waals surface area contributed by atoms with Crippen molar-refractivity contribution in [3.05, 3.63) is 29.8 Å². The molecule has 0 radical (unpaired) electrons. The Morgan fingerprint density at radius 2 is 2.00 bits per heavy atom. The van der Waals surface area contributed by atoms with Gasteiger partial charge in [0, 0.05) is 18.7 Å². The Morgan fingerprint density at radius 1 is 1.33 bits per heavy atom. The molecule has 1 aromatic rings. The minimum atomic E-state index is 0.397. The lowest BCUT2D eigenvalue weighted by molar-refractivity contribution is 0.289. The molecule has 0 bridgehead atoms. The molecule has 0 aliphatic heterocycles. The van der Waals surface area contributed by atoms with Crippen molar-refractivity contribution < 1.29 is 4.74 Å². The van der Waals surface area contributed by atoms with Crippen molar-refractivity contribution in [1.82, 2.24) is 5.32 Å². The average molecular weight is 249 g/mol. The fraction of sp³-hybridized carbons (Fsp3) is 0.500. The van der Waals surface area contributed by atoms with Crippen LogP contribution < -0.4 is 15.8 Å². The number of amidine groups is 1. The Labute approximate surface area is 109 Å². The van der Waals surface area contributed by atoms with E-state index in [1.807, 2.05) is 24.3 Å². The predicted octanol–water partition coefficient (Wildman–Crippen LogP) is 1.99. The van der Waals surface area contributed by atoms with E-state index < -0.39 is 0 Å². The molecule has 0 heterocycles. The summed E-state index contributed by atoms with van der Waals surface area (Å²) in [4.78, 5) is 0. The normalized spacial score (nSPS) is 10.4. The van der Waals surface area contributed by atoms with Gasteiger partial charge in [-0.3, -0.25) is 5.41 Å². The van der Waals surface area contributed by atoms with E-state index in [-0.39, 0.29) is 0 Å². The van der Waals surface area contributed by atoms with Gasteiger partial charge >= 0.3 is 0 Å². The first-order valence-electron chi connectivity index (χ1n) is 6.39. The van der Waals surface area contributed by atoms with Crippen LogP contribution in [0, 0.1) is 11.3 Å². The molecule has 0 aliphatic rings. The van der Waals surface area contributed by atoms with E-state index in [0.29, 0.717) is 24.8 Å². The summed E-state index contributed by atoms with van der Waals surface area (Å²) in [5.74, 6) is 1.90. The zero-order chi connectivity index (χ0) is 13.4. The summed E-state index contributed by atoms with van der Waals surface area (Å²) < 4.78 is 5.62. The molecular weight excluding hydrogens is 226 g/mol. The third-order valence-electron chi connectivity index (χ3n) is 2.55. The van der Waals surface area contributed by atoms with Crippen LogP contribution in [0.4, 0.5) is 0 Å². The molecular formula is C14H23N3O. The fourth-order valence-electron chi connectivity index (χ4n) is 1.43. The van der Waals surface area contributed by atoms with Crippen molar-refractivity contribution in [2.45, 2.75) is 20.3 Å². The van der Waals surface area contributed by atoms with E-state index in [0.717, 1.165) is 24.3 Å². The van der Waals surface area contributed by atoms with Crippen LogP contribution in [-0.2, 0) is 0 Å². The first-order chi connectivity index (χ1) is 8.63. The fourth-order valence-corrected chi connectivity index (χ4v) is 1.43. The van der Waals surface area contributed by atoms with Gasteiger partial charge in [-0.05, 0) is 36.6 Å². The van der Waals surface area contributed by atoms with Crippen molar-refractivity contribution in [3.8, 4) is 5.75 Å². The van der Waals surface area contributed by atoms with Crippen LogP contribution in [0.5, 0.6) is 5.75 Å². The smallest absolute Gasteiger partial charge is 0.125 e. The lowest BCUT2D eigenvalue weighted by Crippen LogP contribution is -2.28. The van der Waals surface area contributed by atoms with Crippen LogP contribution in [0.25, 0.3) is 0 Å². The number of rotatable bonds is 7. The minimum Gasteiger partial charge on any atom is -0.494 e. The molecule has 0 saturated heterocycles. The molecule has 100 valence electrons. The van der Waals surface area contributed by atoms with Gasteiger partial charge < -0.3 is 15.8 Å². The first-order valence-corrected chi connectivity index (χ1v) is 6.39. The van der Waals surface area contributed by atoms with Gasteiger partial charge in [-0.1, -0.05) is 13.8 Å². The molecule has 4 nitrogen and oxygen atoms in total. The summed E-state index contributed by atoms with van der Waals surface area (Å²) in [5, 5.41) is 10.7. The molecule has 0 aliphatic carbocycles. The van der Waals surface area contributed by atoms with E-state index >= 15 is 0 Å². The third kappa shape index (κ3) is 5.19. The minimum absolute atomic E-state index is 0.397. The summed E-state index contributed by atoms with van der Waals surface area (Å²) in [6.07, 6.45) is 1.05. The molecule has 1 aromatic carbocycles. The van der Waals surface area contributed by atoms with Gasteiger partial charge in [0.25, 0.3) is 0 Å². The van der Waals surface area contributed by atoms with E-state index in [1.54, 1.807) is 0 Å². The Kier molecular flexibility index (Phi) is 6.22. The molecule has 4 N–H and O–H groups in total. The number of ether oxygens (including phenoxy) is 1. The third-order valence-corrected chi connectivity index (χ3v) is 2.55. The van der Waals surface area contributed by atoms with Crippen LogP contribution in [-0.4, -0.2) is 25.5 Å². The molecule has 0 aromatic heterocycles. The zero-order valence-corrected chi connectivity index (χ0v) is 11.2. The number of hydrogen-bond acceptors (Lipinski definition) is 3. The Hall–Kier alpha value is -1.55. The van der Waals surface area contributed by atoms with Gasteiger partial charge in [0.2, 0.25) is 0 Å². The summed E-state index contributed by atoms with van der Waals surface area (Å²) >= 11 is 0. The molecule has 0 unspecified atom stereocenters. The van der Waals surface area contributed by atoms with Crippen molar-refractivity contribution >= 4 is 5.84 Å². The van der Waals surface area contributed by atoms with Gasteiger partial charge in [-0.2, -0.15) is 0 Å². The Bertz CT molecular complexity index is 360. The number of nitrogens with one attached hydrogen (secondary N) is 2. The maximum Gasteiger partial charge on any atom is 0.125 e. The maximum atomic E-state index is 7.79. The van der Waals surface area contributed by atoms with Crippen LogP contribution in [0.3, 0.4) is 0 Å². The number of benzene rings is 1. The second-order valence-electron chi connectivity index (χ2n) is 4.65. The maximum absolute atomic E-state index is 7.79. The lowest BCUT2D eigenvalue weighted by Gasteiger charge is -2.10. The second kappa shape index (κ2) is 7.71. The number of hydrogen-bond donors (Lipinski definition) is 3. The molecule has 4 heteroatoms. The van der Waals surface area contributed by atoms with Gasteiger partial charge in [-0.25, -0.2) is 0 Å². The van der Waals surface area contributed by atoms with Crippen molar-refractivity contribution in [2.24, 2.45) is 11.7 Å². The van der Waals surface area contributed by atoms with Gasteiger partial charge in [0.15, 0.2) is 0 Å². The van der Waals surface area contributed by atoms with Crippen molar-refractivity contribution in [1.29, 1.82) is 5.41 Å². The molecule has 0 amide bonds. The van der Waals surface area contributed by atoms with Crippen molar-refractivity contribution in [3.63, 3.8) is 0 Å². The van der Waals surface area contributed by atoms with Gasteiger partial charge in [0.1, 0.15) is 11.6 Å². The molecule has 0 fully saturated rings. The van der Waals surface area contributed by atoms with E-state index in [9.17, 15) is 0 Å². The van der Waals surface area contributed by atoms with E-state index in [2.05, 4.69) is 19.2 Å². The highest BCUT2D eigenvalue weighted by Gasteiger charge is 2.01. The SMILES string of the molecule is CC(C)CCOc1ccc(C(=N)NCCN)cc1. The van der Waals surface area contributed by atoms with E-state index in [1.165, 1.54) is 0 Å². The zero-order valence-electron chi connectivity index (χ0n) is 11.2. The number of nitrogens with two attached hydrogens (primary N) is 1. The quantitative estimate of drug-likeness (QED) is 0.511. The molecule has 0 spiro atoms. The topological polar surface area (TPSA) is 71.1 Å². The standard InChI is InChI=1S/C14H23N3O/c1-11(2)7-10-18-13-5-3-12(4-6-13)14(16)17-9-8-15/h3-6,11H,7-10,15H2,1-2H3,(H2,16,17). The van der Waals surface area contributed by atoms with Crippen LogP contribution in [0.1, 0.15) is 25.8 Å². The molecule has 0 saturated carbocycles. The highest BCUT2D eigenvalue weighted by molar-refractivity contribution is 5.96. The summed E-state index contributed by atoms with van der Waals surface area (Å²) in [5.41, 5.74) is 6.23. The molecule has 18 heavy (non-hydrogen) atoms. The van der Waals surface area contributed by atoms with Crippen molar-refractivity contribution in [2.75, 3.05) is 19.7 Å². The lowest BCUT2D eigenvalue weighted by atomic mass is 10.1. The van der Waals surface area contributed by atoms with Gasteiger partial charge in [-0.15, -0.1) is 0 Å². The average Bonchev–Trinajstić information content (AvgIpc) is 2.36. The largest absolute Gasteiger partial charge is 0.494 e. The van der Waals surface area contributed by atoms with Gasteiger partial charge in [0.05, 0.1) is 6.61 Å². The van der Waals surface area contributed by atoms with Crippen LogP contribution in [0.15, 0.2) is 24.3 Å². The Balaban J connectivity index is 2.44. The second-order valence-corrected chi connectivity index (χ2v) is 4.65. The molecule has 1 rings (SSSR count). The van der Waals surface area contributed by atoms with Crippen LogP contribution in [0.2, 0.25) is 0 Å². The van der Waals surface area contributed by atoms with E-state index in [4.69, 9.17) is 15.9 Å². The van der Waals surface area contributed by atoms with Crippen LogP contribution >= 0.6 is 0 Å². The summed E-state index contributed by atoms with van der Waals surface area (Å²) in [7, 11) is 0. The monoisotopic (exact) mass is 249 g/mol. The first kappa shape index (κ1) is 14.5.